The van der Waals surface area contributed by atoms with E-state index in [-0.39, 0.29) is 11.9 Å². The standard InChI is InChI=1S/C15H24FN3/c1-18-6-7-19(2)15(11-18)10-14(17)9-12-4-3-5-13(16)8-12/h3-5,8,14-15H,6-7,9-11,17H2,1-2H3. The summed E-state index contributed by atoms with van der Waals surface area (Å²) in [6, 6.07) is 7.33. The van der Waals surface area contributed by atoms with Crippen molar-refractivity contribution in [3.05, 3.63) is 35.6 Å². The second-order valence-corrected chi connectivity index (χ2v) is 5.73. The molecule has 0 radical (unpaired) electrons. The Labute approximate surface area is 115 Å². The minimum Gasteiger partial charge on any atom is -0.327 e. The fourth-order valence-corrected chi connectivity index (χ4v) is 2.76. The van der Waals surface area contributed by atoms with Crippen molar-refractivity contribution in [2.45, 2.75) is 24.9 Å². The summed E-state index contributed by atoms with van der Waals surface area (Å²) in [4.78, 5) is 4.73. The predicted octanol–water partition coefficient (Wildman–Crippen LogP) is 1.33. The zero-order valence-corrected chi connectivity index (χ0v) is 11.8. The molecule has 19 heavy (non-hydrogen) atoms. The number of halogens is 1. The molecule has 0 saturated carbocycles. The van der Waals surface area contributed by atoms with Crippen molar-refractivity contribution < 1.29 is 4.39 Å². The lowest BCUT2D eigenvalue weighted by molar-refractivity contribution is 0.104. The highest BCUT2D eigenvalue weighted by atomic mass is 19.1. The Morgan fingerprint density at radius 3 is 2.89 bits per heavy atom. The molecule has 1 aliphatic heterocycles. The molecule has 0 amide bonds. The van der Waals surface area contributed by atoms with Gasteiger partial charge in [0.15, 0.2) is 0 Å². The fraction of sp³-hybridized carbons (Fsp3) is 0.600. The summed E-state index contributed by atoms with van der Waals surface area (Å²) in [6.07, 6.45) is 1.70. The number of benzene rings is 1. The van der Waals surface area contributed by atoms with Crippen LogP contribution in [0.2, 0.25) is 0 Å². The summed E-state index contributed by atoms with van der Waals surface area (Å²) < 4.78 is 13.1. The zero-order valence-electron chi connectivity index (χ0n) is 11.8. The van der Waals surface area contributed by atoms with E-state index in [1.54, 1.807) is 12.1 Å². The van der Waals surface area contributed by atoms with Crippen LogP contribution in [0.4, 0.5) is 4.39 Å². The second kappa shape index (κ2) is 6.46. The quantitative estimate of drug-likeness (QED) is 0.891. The molecular weight excluding hydrogens is 241 g/mol. The summed E-state index contributed by atoms with van der Waals surface area (Å²) in [6.45, 7) is 3.27. The molecule has 4 heteroatoms. The fourth-order valence-electron chi connectivity index (χ4n) is 2.76. The zero-order chi connectivity index (χ0) is 13.8. The molecule has 0 aliphatic carbocycles. The van der Waals surface area contributed by atoms with Crippen LogP contribution in [0.25, 0.3) is 0 Å². The lowest BCUT2D eigenvalue weighted by Gasteiger charge is -2.38. The van der Waals surface area contributed by atoms with E-state index in [1.165, 1.54) is 6.07 Å². The van der Waals surface area contributed by atoms with Gasteiger partial charge in [-0.05, 0) is 44.6 Å². The molecule has 1 fully saturated rings. The molecule has 2 atom stereocenters. The first-order chi connectivity index (χ1) is 9.04. The highest BCUT2D eigenvalue weighted by molar-refractivity contribution is 5.17. The molecular formula is C15H24FN3. The molecule has 3 nitrogen and oxygen atoms in total. The molecule has 1 aromatic carbocycles. The van der Waals surface area contributed by atoms with Crippen LogP contribution in [0, 0.1) is 5.82 Å². The van der Waals surface area contributed by atoms with Gasteiger partial charge in [0.25, 0.3) is 0 Å². The van der Waals surface area contributed by atoms with Crippen molar-refractivity contribution in [2.75, 3.05) is 33.7 Å². The maximum atomic E-state index is 13.1. The summed E-state index contributed by atoms with van der Waals surface area (Å²) in [7, 11) is 4.31. The largest absolute Gasteiger partial charge is 0.327 e. The molecule has 1 aromatic rings. The van der Waals surface area contributed by atoms with Gasteiger partial charge in [0.1, 0.15) is 5.82 Å². The van der Waals surface area contributed by atoms with Crippen LogP contribution in [0.15, 0.2) is 24.3 Å². The van der Waals surface area contributed by atoms with Crippen molar-refractivity contribution in [3.8, 4) is 0 Å². The molecule has 106 valence electrons. The SMILES string of the molecule is CN1CCN(C)C(CC(N)Cc2cccc(F)c2)C1. The van der Waals surface area contributed by atoms with Gasteiger partial charge >= 0.3 is 0 Å². The number of nitrogens with two attached hydrogens (primary N) is 1. The Bertz CT molecular complexity index is 410. The Kier molecular flexibility index (Phi) is 4.91. The van der Waals surface area contributed by atoms with Crippen LogP contribution in [-0.2, 0) is 6.42 Å². The van der Waals surface area contributed by atoms with Gasteiger partial charge in [0.2, 0.25) is 0 Å². The van der Waals surface area contributed by atoms with Gasteiger partial charge in [0.05, 0.1) is 0 Å². The number of nitrogens with zero attached hydrogens (tertiary/aromatic N) is 2. The molecule has 2 rings (SSSR count). The summed E-state index contributed by atoms with van der Waals surface area (Å²) >= 11 is 0. The molecule has 2 unspecified atom stereocenters. The number of hydrogen-bond donors (Lipinski definition) is 1. The van der Waals surface area contributed by atoms with E-state index < -0.39 is 0 Å². The van der Waals surface area contributed by atoms with Crippen molar-refractivity contribution in [3.63, 3.8) is 0 Å². The average molecular weight is 265 g/mol. The molecule has 1 saturated heterocycles. The van der Waals surface area contributed by atoms with Crippen LogP contribution in [-0.4, -0.2) is 55.6 Å². The highest BCUT2D eigenvalue weighted by Gasteiger charge is 2.24. The first kappa shape index (κ1) is 14.4. The Morgan fingerprint density at radius 1 is 1.37 bits per heavy atom. The smallest absolute Gasteiger partial charge is 0.123 e. The number of piperazine rings is 1. The van der Waals surface area contributed by atoms with Gasteiger partial charge < -0.3 is 15.5 Å². The monoisotopic (exact) mass is 265 g/mol. The van der Waals surface area contributed by atoms with E-state index in [0.29, 0.717) is 6.04 Å². The van der Waals surface area contributed by atoms with Crippen molar-refractivity contribution >= 4 is 0 Å². The number of hydrogen-bond acceptors (Lipinski definition) is 3. The van der Waals surface area contributed by atoms with E-state index in [2.05, 4.69) is 23.9 Å². The third-order valence-electron chi connectivity index (χ3n) is 3.94. The predicted molar refractivity (Wildman–Crippen MR) is 76.6 cm³/mol. The van der Waals surface area contributed by atoms with Gasteiger partial charge in [-0.1, -0.05) is 12.1 Å². The molecule has 0 aromatic heterocycles. The molecule has 1 heterocycles. The Hall–Kier alpha value is -0.970. The van der Waals surface area contributed by atoms with Crippen LogP contribution in [0.3, 0.4) is 0 Å². The second-order valence-electron chi connectivity index (χ2n) is 5.73. The van der Waals surface area contributed by atoms with E-state index >= 15 is 0 Å². The van der Waals surface area contributed by atoms with E-state index in [9.17, 15) is 4.39 Å². The lowest BCUT2D eigenvalue weighted by Crippen LogP contribution is -2.51. The van der Waals surface area contributed by atoms with Gasteiger partial charge in [-0.25, -0.2) is 4.39 Å². The number of likely N-dealkylation sites (N-methyl/N-ethyl adjacent to an activating group) is 2. The van der Waals surface area contributed by atoms with E-state index in [4.69, 9.17) is 5.73 Å². The van der Waals surface area contributed by atoms with Gasteiger partial charge in [-0.2, -0.15) is 0 Å². The molecule has 0 bridgehead atoms. The van der Waals surface area contributed by atoms with Crippen LogP contribution in [0.5, 0.6) is 0 Å². The minimum atomic E-state index is -0.181. The van der Waals surface area contributed by atoms with Crippen molar-refractivity contribution in [1.29, 1.82) is 0 Å². The first-order valence-electron chi connectivity index (χ1n) is 6.93. The van der Waals surface area contributed by atoms with E-state index in [0.717, 1.165) is 38.0 Å². The average Bonchev–Trinajstić information content (AvgIpc) is 2.34. The Morgan fingerprint density at radius 2 is 2.16 bits per heavy atom. The summed E-state index contributed by atoms with van der Waals surface area (Å²) in [5.74, 6) is -0.181. The number of rotatable bonds is 4. The highest BCUT2D eigenvalue weighted by Crippen LogP contribution is 2.14. The Balaban J connectivity index is 1.88. The lowest BCUT2D eigenvalue weighted by atomic mass is 9.98. The van der Waals surface area contributed by atoms with E-state index in [1.807, 2.05) is 6.07 Å². The maximum Gasteiger partial charge on any atom is 0.123 e. The van der Waals surface area contributed by atoms with Crippen LogP contribution >= 0.6 is 0 Å². The summed E-state index contributed by atoms with van der Waals surface area (Å²) in [5.41, 5.74) is 7.21. The van der Waals surface area contributed by atoms with Gasteiger partial charge in [-0.15, -0.1) is 0 Å². The normalized spacial score (nSPS) is 23.5. The molecule has 1 aliphatic rings. The van der Waals surface area contributed by atoms with Crippen molar-refractivity contribution in [1.82, 2.24) is 9.80 Å². The molecule has 2 N–H and O–H groups in total. The first-order valence-corrected chi connectivity index (χ1v) is 6.93. The third kappa shape index (κ3) is 4.27. The van der Waals surface area contributed by atoms with Gasteiger partial charge in [-0.3, -0.25) is 0 Å². The van der Waals surface area contributed by atoms with Crippen LogP contribution in [0.1, 0.15) is 12.0 Å². The van der Waals surface area contributed by atoms with Crippen LogP contribution < -0.4 is 5.73 Å². The molecule has 0 spiro atoms. The topological polar surface area (TPSA) is 32.5 Å². The summed E-state index contributed by atoms with van der Waals surface area (Å²) in [5, 5.41) is 0. The third-order valence-corrected chi connectivity index (χ3v) is 3.94. The van der Waals surface area contributed by atoms with Crippen molar-refractivity contribution in [2.24, 2.45) is 5.73 Å². The minimum absolute atomic E-state index is 0.0840. The van der Waals surface area contributed by atoms with Gasteiger partial charge in [0, 0.05) is 31.7 Å². The maximum absolute atomic E-state index is 13.1.